The molecule has 3 heteroatoms. The van der Waals surface area contributed by atoms with E-state index in [4.69, 9.17) is 10.5 Å². The molecule has 1 aromatic carbocycles. The second-order valence-electron chi connectivity index (χ2n) is 3.85. The smallest absolute Gasteiger partial charge is 0.143 e. The fourth-order valence-corrected chi connectivity index (χ4v) is 1.87. The summed E-state index contributed by atoms with van der Waals surface area (Å²) in [6, 6.07) is 5.74. The molecule has 0 aromatic heterocycles. The summed E-state index contributed by atoms with van der Waals surface area (Å²) in [5.41, 5.74) is 7.59. The van der Waals surface area contributed by atoms with Crippen molar-refractivity contribution in [1.29, 1.82) is 0 Å². The fourth-order valence-electron chi connectivity index (χ4n) is 1.87. The molecule has 1 unspecified atom stereocenters. The zero-order valence-corrected chi connectivity index (χ0v) is 8.94. The lowest BCUT2D eigenvalue weighted by molar-refractivity contribution is 0.214. The van der Waals surface area contributed by atoms with Gasteiger partial charge in [-0.3, -0.25) is 0 Å². The average Bonchev–Trinajstić information content (AvgIpc) is 2.19. The molecule has 80 valence electrons. The normalized spacial score (nSPS) is 19.3. The van der Waals surface area contributed by atoms with E-state index in [2.05, 4.69) is 18.4 Å². The molecule has 1 atom stereocenters. The van der Waals surface area contributed by atoms with Gasteiger partial charge in [0.2, 0.25) is 0 Å². The van der Waals surface area contributed by atoms with Crippen LogP contribution in [0.1, 0.15) is 6.92 Å². The van der Waals surface area contributed by atoms with Gasteiger partial charge in [0, 0.05) is 12.2 Å². The van der Waals surface area contributed by atoms with Crippen LogP contribution in [0.5, 0.6) is 5.75 Å². The molecule has 0 fully saturated rings. The van der Waals surface area contributed by atoms with Crippen molar-refractivity contribution < 1.29 is 4.74 Å². The van der Waals surface area contributed by atoms with Crippen LogP contribution >= 0.6 is 0 Å². The predicted octanol–water partition coefficient (Wildman–Crippen LogP) is 2.04. The third-order valence-corrected chi connectivity index (χ3v) is 2.48. The van der Waals surface area contributed by atoms with Gasteiger partial charge >= 0.3 is 0 Å². The number of rotatable bonds is 2. The Morgan fingerprint density at radius 3 is 3.20 bits per heavy atom. The molecule has 1 aliphatic heterocycles. The number of hydrogen-bond acceptors (Lipinski definition) is 3. The number of nitrogen functional groups attached to an aromatic ring is 1. The second-order valence-corrected chi connectivity index (χ2v) is 3.85. The Labute approximate surface area is 90.1 Å². The van der Waals surface area contributed by atoms with Crippen molar-refractivity contribution in [1.82, 2.24) is 0 Å². The Morgan fingerprint density at radius 1 is 1.67 bits per heavy atom. The summed E-state index contributed by atoms with van der Waals surface area (Å²) in [6.07, 6.45) is 2.10. The molecule has 0 saturated carbocycles. The number of benzene rings is 1. The van der Waals surface area contributed by atoms with E-state index < -0.39 is 0 Å². The van der Waals surface area contributed by atoms with E-state index in [0.717, 1.165) is 30.2 Å². The van der Waals surface area contributed by atoms with Crippen molar-refractivity contribution in [2.24, 2.45) is 0 Å². The highest BCUT2D eigenvalue weighted by Crippen LogP contribution is 2.34. The minimum absolute atomic E-state index is 0.209. The van der Waals surface area contributed by atoms with Crippen molar-refractivity contribution in [3.05, 3.63) is 30.9 Å². The van der Waals surface area contributed by atoms with Gasteiger partial charge in [0.1, 0.15) is 11.9 Å². The van der Waals surface area contributed by atoms with Crippen LogP contribution in [0.2, 0.25) is 0 Å². The van der Waals surface area contributed by atoms with Crippen LogP contribution in [-0.4, -0.2) is 19.2 Å². The molecular formula is C12H16N2O. The van der Waals surface area contributed by atoms with E-state index in [0.29, 0.717) is 0 Å². The van der Waals surface area contributed by atoms with Crippen LogP contribution in [0, 0.1) is 0 Å². The van der Waals surface area contributed by atoms with Gasteiger partial charge in [0.15, 0.2) is 0 Å². The van der Waals surface area contributed by atoms with Crippen LogP contribution < -0.4 is 15.4 Å². The summed E-state index contributed by atoms with van der Waals surface area (Å²) < 4.78 is 5.73. The van der Waals surface area contributed by atoms with Crippen molar-refractivity contribution in [3.63, 3.8) is 0 Å². The van der Waals surface area contributed by atoms with Gasteiger partial charge in [-0.2, -0.15) is 0 Å². The fraction of sp³-hybridized carbons (Fsp3) is 0.333. The Morgan fingerprint density at radius 2 is 2.47 bits per heavy atom. The first-order valence-corrected chi connectivity index (χ1v) is 5.12. The topological polar surface area (TPSA) is 38.5 Å². The number of anilines is 2. The van der Waals surface area contributed by atoms with Crippen molar-refractivity contribution in [3.8, 4) is 5.75 Å². The summed E-state index contributed by atoms with van der Waals surface area (Å²) in [5, 5.41) is 0. The van der Waals surface area contributed by atoms with Gasteiger partial charge in [-0.15, -0.1) is 6.58 Å². The highest BCUT2D eigenvalue weighted by molar-refractivity contribution is 5.66. The first kappa shape index (κ1) is 9.90. The standard InChI is InChI=1S/C12H16N2O/c1-3-6-14-8-9(2)15-12-5-4-10(13)7-11(12)14/h3-5,7,9H,1,6,8,13H2,2H3. The lowest BCUT2D eigenvalue weighted by Gasteiger charge is -2.34. The highest BCUT2D eigenvalue weighted by Gasteiger charge is 2.21. The van der Waals surface area contributed by atoms with Crippen LogP contribution in [-0.2, 0) is 0 Å². The van der Waals surface area contributed by atoms with Crippen LogP contribution in [0.4, 0.5) is 11.4 Å². The number of nitrogens with two attached hydrogens (primary N) is 1. The molecule has 1 heterocycles. The van der Waals surface area contributed by atoms with Crippen molar-refractivity contribution >= 4 is 11.4 Å². The molecule has 3 nitrogen and oxygen atoms in total. The van der Waals surface area contributed by atoms with Gasteiger partial charge in [0.25, 0.3) is 0 Å². The molecule has 1 aliphatic rings. The lowest BCUT2D eigenvalue weighted by Crippen LogP contribution is -2.38. The molecule has 2 N–H and O–H groups in total. The zero-order chi connectivity index (χ0) is 10.8. The molecule has 0 amide bonds. The number of fused-ring (bicyclic) bond motifs is 1. The second kappa shape index (κ2) is 3.85. The molecule has 15 heavy (non-hydrogen) atoms. The summed E-state index contributed by atoms with van der Waals surface area (Å²) in [5.74, 6) is 0.907. The molecule has 0 saturated heterocycles. The molecule has 2 rings (SSSR count). The molecule has 0 aliphatic carbocycles. The molecule has 0 bridgehead atoms. The van der Waals surface area contributed by atoms with Gasteiger partial charge in [-0.05, 0) is 25.1 Å². The number of hydrogen-bond donors (Lipinski definition) is 1. The van der Waals surface area contributed by atoms with Gasteiger partial charge < -0.3 is 15.4 Å². The molecule has 0 radical (unpaired) electrons. The van der Waals surface area contributed by atoms with Gasteiger partial charge in [-0.1, -0.05) is 6.08 Å². The van der Waals surface area contributed by atoms with E-state index in [-0.39, 0.29) is 6.10 Å². The quantitative estimate of drug-likeness (QED) is 0.592. The summed E-state index contributed by atoms with van der Waals surface area (Å²) in [4.78, 5) is 2.23. The molecule has 1 aromatic rings. The van der Waals surface area contributed by atoms with Crippen molar-refractivity contribution in [2.75, 3.05) is 23.7 Å². The number of ether oxygens (including phenoxy) is 1. The highest BCUT2D eigenvalue weighted by atomic mass is 16.5. The van der Waals surface area contributed by atoms with E-state index >= 15 is 0 Å². The van der Waals surface area contributed by atoms with E-state index in [1.807, 2.05) is 24.3 Å². The van der Waals surface area contributed by atoms with E-state index in [9.17, 15) is 0 Å². The monoisotopic (exact) mass is 204 g/mol. The maximum absolute atomic E-state index is 5.77. The summed E-state index contributed by atoms with van der Waals surface area (Å²) in [6.45, 7) is 7.53. The largest absolute Gasteiger partial charge is 0.487 e. The van der Waals surface area contributed by atoms with E-state index in [1.54, 1.807) is 0 Å². The molecule has 0 spiro atoms. The third-order valence-electron chi connectivity index (χ3n) is 2.48. The zero-order valence-electron chi connectivity index (χ0n) is 8.94. The SMILES string of the molecule is C=CCN1CC(C)Oc2ccc(N)cc21. The van der Waals surface area contributed by atoms with Crippen LogP contribution in [0.3, 0.4) is 0 Å². The average molecular weight is 204 g/mol. The number of nitrogens with zero attached hydrogens (tertiary/aromatic N) is 1. The molecular weight excluding hydrogens is 188 g/mol. The Balaban J connectivity index is 2.38. The Kier molecular flexibility index (Phi) is 2.54. The Bertz CT molecular complexity index is 376. The van der Waals surface area contributed by atoms with E-state index in [1.165, 1.54) is 0 Å². The van der Waals surface area contributed by atoms with Crippen LogP contribution in [0.25, 0.3) is 0 Å². The third kappa shape index (κ3) is 1.91. The van der Waals surface area contributed by atoms with Gasteiger partial charge in [0.05, 0.1) is 12.2 Å². The summed E-state index contributed by atoms with van der Waals surface area (Å²) in [7, 11) is 0. The first-order chi connectivity index (χ1) is 7.20. The predicted molar refractivity (Wildman–Crippen MR) is 63.4 cm³/mol. The van der Waals surface area contributed by atoms with Crippen molar-refractivity contribution in [2.45, 2.75) is 13.0 Å². The maximum atomic E-state index is 5.77. The summed E-state index contributed by atoms with van der Waals surface area (Å²) >= 11 is 0. The lowest BCUT2D eigenvalue weighted by atomic mass is 10.2. The van der Waals surface area contributed by atoms with Crippen LogP contribution in [0.15, 0.2) is 30.9 Å². The maximum Gasteiger partial charge on any atom is 0.143 e. The minimum atomic E-state index is 0.209. The minimum Gasteiger partial charge on any atom is -0.487 e. The Hall–Kier alpha value is -1.64. The van der Waals surface area contributed by atoms with Gasteiger partial charge in [-0.25, -0.2) is 0 Å². The first-order valence-electron chi connectivity index (χ1n) is 5.12.